The van der Waals surface area contributed by atoms with E-state index in [0.29, 0.717) is 0 Å². The number of hydrogen-bond donors (Lipinski definition) is 0. The van der Waals surface area contributed by atoms with Crippen LogP contribution in [0.1, 0.15) is 58.8 Å². The Bertz CT molecular complexity index is 147. The van der Waals surface area contributed by atoms with Gasteiger partial charge in [-0.05, 0) is 49.4 Å². The molecule has 0 amide bonds. The van der Waals surface area contributed by atoms with Crippen molar-refractivity contribution in [2.45, 2.75) is 58.8 Å². The summed E-state index contributed by atoms with van der Waals surface area (Å²) in [6.07, 6.45) is 10.8. The summed E-state index contributed by atoms with van der Waals surface area (Å²) in [6.45, 7) is 4.79. The summed E-state index contributed by atoms with van der Waals surface area (Å²) in [6, 6.07) is 0. The molecule has 0 saturated heterocycles. The van der Waals surface area contributed by atoms with Gasteiger partial charge in [-0.25, -0.2) is 0 Å². The molecule has 2 fully saturated rings. The van der Waals surface area contributed by atoms with E-state index in [1.54, 1.807) is 25.7 Å². The number of hydrogen-bond acceptors (Lipinski definition) is 0. The Morgan fingerprint density at radius 3 is 1.69 bits per heavy atom. The zero-order valence-electron chi connectivity index (χ0n) is 9.26. The SMILES string of the molecule is CC(C)C1CCC(C2CCC2)CC1. The maximum atomic E-state index is 2.40. The lowest BCUT2D eigenvalue weighted by molar-refractivity contribution is 0.124. The largest absolute Gasteiger partial charge is 0.0625 e. The fourth-order valence-electron chi connectivity index (χ4n) is 3.19. The Balaban J connectivity index is 1.75. The third-order valence-corrected chi connectivity index (χ3v) is 4.58. The normalized spacial score (nSPS) is 36.2. The molecule has 0 radical (unpaired) electrons. The predicted octanol–water partition coefficient (Wildman–Crippen LogP) is 4.25. The van der Waals surface area contributed by atoms with Crippen LogP contribution in [0.15, 0.2) is 0 Å². The van der Waals surface area contributed by atoms with Crippen LogP contribution >= 0.6 is 0 Å². The standard InChI is InChI=1S/C13H24/c1-10(2)11-6-8-13(9-7-11)12-4-3-5-12/h10-13H,3-9H2,1-2H3. The van der Waals surface area contributed by atoms with Gasteiger partial charge in [0.05, 0.1) is 0 Å². The van der Waals surface area contributed by atoms with E-state index < -0.39 is 0 Å². The van der Waals surface area contributed by atoms with Gasteiger partial charge in [-0.2, -0.15) is 0 Å². The fraction of sp³-hybridized carbons (Fsp3) is 1.00. The van der Waals surface area contributed by atoms with Crippen molar-refractivity contribution >= 4 is 0 Å². The van der Waals surface area contributed by atoms with Crippen LogP contribution in [-0.4, -0.2) is 0 Å². The molecule has 2 aliphatic rings. The van der Waals surface area contributed by atoms with Crippen molar-refractivity contribution in [2.24, 2.45) is 23.7 Å². The van der Waals surface area contributed by atoms with Crippen LogP contribution < -0.4 is 0 Å². The average molecular weight is 180 g/mol. The summed E-state index contributed by atoms with van der Waals surface area (Å²) >= 11 is 0. The van der Waals surface area contributed by atoms with E-state index >= 15 is 0 Å². The highest BCUT2D eigenvalue weighted by Crippen LogP contribution is 2.43. The van der Waals surface area contributed by atoms with E-state index in [4.69, 9.17) is 0 Å². The second-order valence-corrected chi connectivity index (χ2v) is 5.61. The molecule has 0 atom stereocenters. The smallest absolute Gasteiger partial charge is 0.0386 e. The van der Waals surface area contributed by atoms with Crippen molar-refractivity contribution in [1.82, 2.24) is 0 Å². The van der Waals surface area contributed by atoms with Gasteiger partial charge >= 0.3 is 0 Å². The molecule has 0 spiro atoms. The summed E-state index contributed by atoms with van der Waals surface area (Å²) in [4.78, 5) is 0. The lowest BCUT2D eigenvalue weighted by Gasteiger charge is -2.39. The van der Waals surface area contributed by atoms with Crippen molar-refractivity contribution in [2.75, 3.05) is 0 Å². The lowest BCUT2D eigenvalue weighted by atomic mass is 9.67. The van der Waals surface area contributed by atoms with Crippen LogP contribution in [0.3, 0.4) is 0 Å². The van der Waals surface area contributed by atoms with Gasteiger partial charge in [-0.15, -0.1) is 0 Å². The monoisotopic (exact) mass is 180 g/mol. The summed E-state index contributed by atoms with van der Waals surface area (Å²) in [7, 11) is 0. The Labute approximate surface area is 83.1 Å². The van der Waals surface area contributed by atoms with Gasteiger partial charge in [-0.1, -0.05) is 33.1 Å². The van der Waals surface area contributed by atoms with Gasteiger partial charge in [-0.3, -0.25) is 0 Å². The third-order valence-electron chi connectivity index (χ3n) is 4.58. The van der Waals surface area contributed by atoms with Gasteiger partial charge in [0.25, 0.3) is 0 Å². The zero-order valence-corrected chi connectivity index (χ0v) is 9.26. The first-order chi connectivity index (χ1) is 6.27. The maximum absolute atomic E-state index is 2.40. The highest BCUT2D eigenvalue weighted by Gasteiger charge is 2.31. The predicted molar refractivity (Wildman–Crippen MR) is 57.6 cm³/mol. The minimum absolute atomic E-state index is 0.933. The van der Waals surface area contributed by atoms with E-state index in [2.05, 4.69) is 13.8 Å². The average Bonchev–Trinajstić information content (AvgIpc) is 2.02. The molecule has 0 aliphatic heterocycles. The molecule has 0 aromatic rings. The quantitative estimate of drug-likeness (QED) is 0.596. The topological polar surface area (TPSA) is 0 Å². The molecule has 2 saturated carbocycles. The minimum Gasteiger partial charge on any atom is -0.0625 e. The Hall–Kier alpha value is 0. The van der Waals surface area contributed by atoms with E-state index in [-0.39, 0.29) is 0 Å². The molecule has 0 heteroatoms. The fourth-order valence-corrected chi connectivity index (χ4v) is 3.19. The van der Waals surface area contributed by atoms with E-state index in [9.17, 15) is 0 Å². The zero-order chi connectivity index (χ0) is 9.26. The van der Waals surface area contributed by atoms with Gasteiger partial charge in [0.2, 0.25) is 0 Å². The summed E-state index contributed by atoms with van der Waals surface area (Å²) in [5.74, 6) is 4.26. The first-order valence-corrected chi connectivity index (χ1v) is 6.27. The van der Waals surface area contributed by atoms with E-state index in [1.165, 1.54) is 19.3 Å². The molecule has 0 bridgehead atoms. The third kappa shape index (κ3) is 2.08. The van der Waals surface area contributed by atoms with Crippen molar-refractivity contribution in [3.63, 3.8) is 0 Å². The molecule has 0 unspecified atom stereocenters. The van der Waals surface area contributed by atoms with Gasteiger partial charge in [0.15, 0.2) is 0 Å². The Kier molecular flexibility index (Phi) is 2.96. The van der Waals surface area contributed by atoms with Crippen molar-refractivity contribution < 1.29 is 0 Å². The van der Waals surface area contributed by atoms with Crippen molar-refractivity contribution in [3.05, 3.63) is 0 Å². The van der Waals surface area contributed by atoms with E-state index in [1.807, 2.05) is 0 Å². The molecule has 0 aromatic carbocycles. The molecule has 0 N–H and O–H groups in total. The van der Waals surface area contributed by atoms with Gasteiger partial charge < -0.3 is 0 Å². The highest BCUT2D eigenvalue weighted by molar-refractivity contribution is 4.82. The highest BCUT2D eigenvalue weighted by atomic mass is 14.4. The van der Waals surface area contributed by atoms with E-state index in [0.717, 1.165) is 23.7 Å². The van der Waals surface area contributed by atoms with Crippen LogP contribution in [0.5, 0.6) is 0 Å². The molecular formula is C13H24. The maximum Gasteiger partial charge on any atom is -0.0386 e. The summed E-state index contributed by atoms with van der Waals surface area (Å²) < 4.78 is 0. The second-order valence-electron chi connectivity index (χ2n) is 5.61. The molecular weight excluding hydrogens is 156 g/mol. The van der Waals surface area contributed by atoms with Crippen LogP contribution in [0.4, 0.5) is 0 Å². The Morgan fingerprint density at radius 2 is 1.31 bits per heavy atom. The first kappa shape index (κ1) is 9.55. The Morgan fingerprint density at radius 1 is 0.769 bits per heavy atom. The molecule has 0 heterocycles. The van der Waals surface area contributed by atoms with Gasteiger partial charge in [0.1, 0.15) is 0 Å². The van der Waals surface area contributed by atoms with Crippen LogP contribution in [0, 0.1) is 23.7 Å². The molecule has 2 aliphatic carbocycles. The molecule has 0 aromatic heterocycles. The van der Waals surface area contributed by atoms with Crippen molar-refractivity contribution in [1.29, 1.82) is 0 Å². The molecule has 13 heavy (non-hydrogen) atoms. The lowest BCUT2D eigenvalue weighted by Crippen LogP contribution is -2.27. The first-order valence-electron chi connectivity index (χ1n) is 6.27. The van der Waals surface area contributed by atoms with Crippen LogP contribution in [0.25, 0.3) is 0 Å². The molecule has 0 nitrogen and oxygen atoms in total. The van der Waals surface area contributed by atoms with Crippen molar-refractivity contribution in [3.8, 4) is 0 Å². The van der Waals surface area contributed by atoms with Crippen LogP contribution in [0.2, 0.25) is 0 Å². The second kappa shape index (κ2) is 4.02. The molecule has 76 valence electrons. The van der Waals surface area contributed by atoms with Gasteiger partial charge in [0, 0.05) is 0 Å². The number of rotatable bonds is 2. The van der Waals surface area contributed by atoms with Crippen LogP contribution in [-0.2, 0) is 0 Å². The summed E-state index contributed by atoms with van der Waals surface area (Å²) in [5, 5.41) is 0. The molecule has 2 rings (SSSR count). The minimum atomic E-state index is 0.933. The summed E-state index contributed by atoms with van der Waals surface area (Å²) in [5.41, 5.74) is 0.